The monoisotopic (exact) mass is 644 g/mol. The maximum Gasteiger partial charge on any atom is 0.351 e. The molecular weight excluding hydrogens is 603 g/mol. The minimum absolute atomic E-state index is 0. The lowest BCUT2D eigenvalue weighted by Crippen LogP contribution is -2.40. The third-order valence-electron chi connectivity index (χ3n) is 8.26. The van der Waals surface area contributed by atoms with E-state index in [9.17, 15) is 9.59 Å². The minimum atomic E-state index is -1.38. The highest BCUT2D eigenvalue weighted by Gasteiger charge is 2.59. The number of carbonyl (C=O) groups excluding carboxylic acids is 1. The summed E-state index contributed by atoms with van der Waals surface area (Å²) in [5.74, 6) is -0.158. The lowest BCUT2D eigenvalue weighted by molar-refractivity contribution is -0.118. The third kappa shape index (κ3) is 6.45. The van der Waals surface area contributed by atoms with Crippen LogP contribution in [0.4, 0.5) is 5.82 Å². The van der Waals surface area contributed by atoms with E-state index in [4.69, 9.17) is 13.8 Å². The summed E-state index contributed by atoms with van der Waals surface area (Å²) in [6.45, 7) is 6.56. The summed E-state index contributed by atoms with van der Waals surface area (Å²) in [6.07, 6.45) is 4.03. The van der Waals surface area contributed by atoms with Gasteiger partial charge in [-0.05, 0) is 36.5 Å². The second kappa shape index (κ2) is 14.2. The number of fused-ring (bicyclic) bond motifs is 1. The topological polar surface area (TPSA) is 94.9 Å². The van der Waals surface area contributed by atoms with Crippen LogP contribution in [-0.2, 0) is 24.2 Å². The van der Waals surface area contributed by atoms with Crippen LogP contribution in [0, 0.1) is 5.92 Å². The van der Waals surface area contributed by atoms with Gasteiger partial charge >= 0.3 is 5.69 Å². The lowest BCUT2D eigenvalue weighted by atomic mass is 9.79. The molecule has 43 heavy (non-hydrogen) atoms. The Kier molecular flexibility index (Phi) is 11.1. The molecule has 0 saturated carbocycles. The Bertz CT molecular complexity index is 1390. The van der Waals surface area contributed by atoms with Gasteiger partial charge in [-0.3, -0.25) is 9.36 Å². The van der Waals surface area contributed by atoms with Gasteiger partial charge in [0.25, 0.3) is 8.53 Å². The van der Waals surface area contributed by atoms with E-state index < -0.39 is 26.0 Å². The molecule has 1 N–H and O–H groups in total. The van der Waals surface area contributed by atoms with Crippen molar-refractivity contribution in [1.29, 1.82) is 0 Å². The van der Waals surface area contributed by atoms with Crippen LogP contribution in [0.3, 0.4) is 0 Å². The number of nitrogens with zero attached hydrogens (tertiary/aromatic N) is 3. The number of carbonyl (C=O) groups is 1. The first-order valence-electron chi connectivity index (χ1n) is 14.5. The molecule has 12 heteroatoms. The predicted octanol–water partition coefficient (Wildman–Crippen LogP) is 5.81. The molecule has 0 aliphatic carbocycles. The van der Waals surface area contributed by atoms with Crippen LogP contribution in [0.2, 0.25) is 0 Å². The van der Waals surface area contributed by atoms with E-state index in [1.165, 1.54) is 4.57 Å². The largest absolute Gasteiger partial charge is 0.352 e. The van der Waals surface area contributed by atoms with E-state index in [1.54, 1.807) is 26.1 Å². The molecule has 1 unspecified atom stereocenters. The van der Waals surface area contributed by atoms with Crippen LogP contribution < -0.4 is 11.0 Å². The van der Waals surface area contributed by atoms with Gasteiger partial charge in [-0.15, -0.1) is 0 Å². The van der Waals surface area contributed by atoms with Crippen molar-refractivity contribution in [2.45, 2.75) is 76.5 Å². The first kappa shape index (κ1) is 33.6. The molecule has 232 valence electrons. The Morgan fingerprint density at radius 1 is 1.09 bits per heavy atom. The standard InChI is InChI=1S/C31H37N4O5P.2H2S/c1-4-24-25(20-28(38-24)34-19-17-27(33-30(34)37)32-29(36)21(2)3)39-41-35-18-11-16-26(35)31(40-41,22-12-7-5-8-13-22)23-14-9-6-10-15-23;;/h5-10,12-15,17,19,21,24-26,28H,4,11,16,18,20H2,1-3H3,(H,32,33,36,37);2*1H2/t24-,25?,26+,28-,41+;;/m1../s1. The van der Waals surface area contributed by atoms with Crippen molar-refractivity contribution in [3.8, 4) is 0 Å². The summed E-state index contributed by atoms with van der Waals surface area (Å²) in [4.78, 5) is 29.0. The maximum absolute atomic E-state index is 12.9. The molecule has 3 aromatic rings. The van der Waals surface area contributed by atoms with Crippen molar-refractivity contribution in [1.82, 2.24) is 14.2 Å². The predicted molar refractivity (Wildman–Crippen MR) is 178 cm³/mol. The summed E-state index contributed by atoms with van der Waals surface area (Å²) in [6, 6.07) is 22.7. The number of ether oxygens (including phenoxy) is 1. The summed E-state index contributed by atoms with van der Waals surface area (Å²) in [5.41, 5.74) is 1.17. The summed E-state index contributed by atoms with van der Waals surface area (Å²) < 4.78 is 24.1. The molecular formula is C31H41N4O5PS2. The van der Waals surface area contributed by atoms with Gasteiger partial charge in [-0.2, -0.15) is 32.0 Å². The van der Waals surface area contributed by atoms with Crippen molar-refractivity contribution in [2.24, 2.45) is 5.92 Å². The molecule has 2 aromatic carbocycles. The summed E-state index contributed by atoms with van der Waals surface area (Å²) in [7, 11) is -1.38. The lowest BCUT2D eigenvalue weighted by Gasteiger charge is -2.34. The second-order valence-electron chi connectivity index (χ2n) is 11.2. The maximum atomic E-state index is 12.9. The van der Waals surface area contributed by atoms with E-state index in [0.29, 0.717) is 6.42 Å². The second-order valence-corrected chi connectivity index (χ2v) is 12.6. The molecule has 6 rings (SSSR count). The van der Waals surface area contributed by atoms with Gasteiger partial charge in [0.15, 0.2) is 0 Å². The quantitative estimate of drug-likeness (QED) is 0.309. The van der Waals surface area contributed by atoms with Crippen molar-refractivity contribution >= 4 is 47.2 Å². The molecule has 9 nitrogen and oxygen atoms in total. The van der Waals surface area contributed by atoms with E-state index >= 15 is 0 Å². The zero-order chi connectivity index (χ0) is 28.6. The Balaban J connectivity index is 0.00000212. The van der Waals surface area contributed by atoms with Gasteiger partial charge in [0.1, 0.15) is 17.6 Å². The molecule has 3 aliphatic heterocycles. The number of amides is 1. The highest BCUT2D eigenvalue weighted by atomic mass is 32.1. The van der Waals surface area contributed by atoms with Crippen LogP contribution in [0.1, 0.15) is 63.8 Å². The molecule has 3 aliphatic rings. The molecule has 5 atom stereocenters. The SMILES string of the molecule is CC[C@H]1O[C@@H](n2ccc(NC(=O)C(C)C)nc2=O)CC1O[P@@]1OC(c2ccccc2)(c2ccccc2)[C@@H]2CCCN21.S.S. The summed E-state index contributed by atoms with van der Waals surface area (Å²) >= 11 is 0. The number of aromatic nitrogens is 2. The highest BCUT2D eigenvalue weighted by molar-refractivity contribution is 7.59. The van der Waals surface area contributed by atoms with Gasteiger partial charge in [0, 0.05) is 25.1 Å². The van der Waals surface area contributed by atoms with Crippen LogP contribution >= 0.6 is 35.5 Å². The zero-order valence-corrected chi connectivity index (χ0v) is 27.6. The van der Waals surface area contributed by atoms with E-state index in [0.717, 1.165) is 36.9 Å². The van der Waals surface area contributed by atoms with Crippen molar-refractivity contribution < 1.29 is 18.6 Å². The molecule has 0 radical (unpaired) electrons. The van der Waals surface area contributed by atoms with Crippen LogP contribution in [0.15, 0.2) is 77.7 Å². The molecule has 4 heterocycles. The number of rotatable bonds is 8. The van der Waals surface area contributed by atoms with Gasteiger partial charge in [0.05, 0.1) is 18.2 Å². The van der Waals surface area contributed by atoms with Crippen LogP contribution in [0.25, 0.3) is 0 Å². The van der Waals surface area contributed by atoms with Crippen molar-refractivity contribution in [3.05, 3.63) is 94.5 Å². The fourth-order valence-electron chi connectivity index (χ4n) is 6.14. The molecule has 0 spiro atoms. The highest BCUT2D eigenvalue weighted by Crippen LogP contribution is 2.66. The Labute approximate surface area is 268 Å². The third-order valence-corrected chi connectivity index (χ3v) is 10.0. The van der Waals surface area contributed by atoms with E-state index in [-0.39, 0.29) is 62.9 Å². The van der Waals surface area contributed by atoms with E-state index in [2.05, 4.69) is 70.4 Å². The Morgan fingerprint density at radius 2 is 1.74 bits per heavy atom. The fourth-order valence-corrected chi connectivity index (χ4v) is 8.25. The van der Waals surface area contributed by atoms with Crippen LogP contribution in [0.5, 0.6) is 0 Å². The summed E-state index contributed by atoms with van der Waals surface area (Å²) in [5, 5.41) is 2.68. The number of anilines is 1. The first-order valence-corrected chi connectivity index (χ1v) is 15.6. The Hall–Kier alpha value is -2.24. The smallest absolute Gasteiger partial charge is 0.351 e. The molecule has 0 bridgehead atoms. The number of nitrogens with one attached hydrogen (secondary N) is 1. The molecule has 1 aromatic heterocycles. The average molecular weight is 645 g/mol. The van der Waals surface area contributed by atoms with Gasteiger partial charge in [-0.25, -0.2) is 9.46 Å². The van der Waals surface area contributed by atoms with Crippen molar-refractivity contribution in [2.75, 3.05) is 11.9 Å². The number of hydrogen-bond acceptors (Lipinski definition) is 7. The fraction of sp³-hybridized carbons (Fsp3) is 0.452. The number of benzene rings is 2. The van der Waals surface area contributed by atoms with Gasteiger partial charge in [0.2, 0.25) is 5.91 Å². The molecule has 1 amide bonds. The number of hydrogen-bond donors (Lipinski definition) is 1. The van der Waals surface area contributed by atoms with E-state index in [1.807, 2.05) is 12.1 Å². The van der Waals surface area contributed by atoms with Crippen LogP contribution in [-0.4, -0.2) is 44.9 Å². The van der Waals surface area contributed by atoms with Crippen molar-refractivity contribution in [3.63, 3.8) is 0 Å². The first-order chi connectivity index (χ1) is 19.9. The zero-order valence-electron chi connectivity index (χ0n) is 24.7. The molecule has 3 fully saturated rings. The Morgan fingerprint density at radius 3 is 2.33 bits per heavy atom. The minimum Gasteiger partial charge on any atom is -0.352 e. The normalized spacial score (nSPS) is 26.0. The average Bonchev–Trinajstić information content (AvgIpc) is 3.70. The molecule has 3 saturated heterocycles. The van der Waals surface area contributed by atoms with Gasteiger partial charge < -0.3 is 19.1 Å². The van der Waals surface area contributed by atoms with Gasteiger partial charge in [-0.1, -0.05) is 81.4 Å².